The zero-order chi connectivity index (χ0) is 14.5. The van der Waals surface area contributed by atoms with Crippen LogP contribution in [-0.4, -0.2) is 25.3 Å². The lowest BCUT2D eigenvalue weighted by Crippen LogP contribution is -2.08. The molecule has 0 saturated heterocycles. The van der Waals surface area contributed by atoms with Crippen molar-refractivity contribution in [3.63, 3.8) is 0 Å². The molecule has 2 aromatic heterocycles. The Balaban J connectivity index is 2.30. The maximum atomic E-state index is 12.0. The summed E-state index contributed by atoms with van der Waals surface area (Å²) in [5, 5.41) is 0.492. The van der Waals surface area contributed by atoms with Crippen LogP contribution in [0.3, 0.4) is 0 Å². The molecule has 0 amide bonds. The van der Waals surface area contributed by atoms with Gasteiger partial charge in [0.15, 0.2) is 5.65 Å². The van der Waals surface area contributed by atoms with Crippen LogP contribution in [0.4, 0.5) is 0 Å². The van der Waals surface area contributed by atoms with E-state index in [1.54, 1.807) is 12.2 Å². The molecule has 0 spiro atoms. The molecule has 106 valence electrons. The highest BCUT2D eigenvalue weighted by Gasteiger charge is 2.16. The number of imidazole rings is 1. The normalized spacial score (nSPS) is 13.7. The quantitative estimate of drug-likeness (QED) is 0.489. The summed E-state index contributed by atoms with van der Waals surface area (Å²) in [7, 11) is 0. The van der Waals surface area contributed by atoms with Gasteiger partial charge in [0.1, 0.15) is 5.75 Å². The summed E-state index contributed by atoms with van der Waals surface area (Å²) >= 11 is 3.25. The highest BCUT2D eigenvalue weighted by Crippen LogP contribution is 2.20. The Morgan fingerprint density at radius 1 is 1.50 bits per heavy atom. The molecule has 1 N–H and O–H groups in total. The van der Waals surface area contributed by atoms with Crippen LogP contribution in [0.1, 0.15) is 25.5 Å². The van der Waals surface area contributed by atoms with Crippen LogP contribution in [0.25, 0.3) is 16.1 Å². The molecule has 1 atom stereocenters. The number of unbranched alkanes of at least 4 members (excludes halogenated alkanes) is 1. The van der Waals surface area contributed by atoms with E-state index in [2.05, 4.69) is 41.1 Å². The lowest BCUT2D eigenvalue weighted by molar-refractivity contribution is 0.585. The van der Waals surface area contributed by atoms with Gasteiger partial charge in [-0.15, -0.1) is 12.6 Å². The summed E-state index contributed by atoms with van der Waals surface area (Å²) in [4.78, 5) is 12.5. The van der Waals surface area contributed by atoms with Gasteiger partial charge < -0.3 is 4.55 Å². The number of allylic oxidation sites excluding steroid dienone is 2. The third-order valence-electron chi connectivity index (χ3n) is 2.76. The minimum absolute atomic E-state index is 0.492. The number of pyridine rings is 1. The van der Waals surface area contributed by atoms with Crippen LogP contribution < -0.4 is 0 Å². The fourth-order valence-corrected chi connectivity index (χ4v) is 3.08. The van der Waals surface area contributed by atoms with Crippen LogP contribution in [0.5, 0.6) is 0 Å². The van der Waals surface area contributed by atoms with Gasteiger partial charge in [-0.2, -0.15) is 4.98 Å². The predicted molar refractivity (Wildman–Crippen MR) is 87.2 cm³/mol. The first-order chi connectivity index (χ1) is 9.65. The van der Waals surface area contributed by atoms with Gasteiger partial charge in [-0.1, -0.05) is 26.0 Å². The molecule has 0 radical (unpaired) electrons. The monoisotopic (exact) mass is 307 g/mol. The van der Waals surface area contributed by atoms with E-state index < -0.39 is 11.2 Å². The Morgan fingerprint density at radius 2 is 2.30 bits per heavy atom. The highest BCUT2D eigenvalue weighted by molar-refractivity contribution is 7.91. The third-order valence-corrected chi connectivity index (χ3v) is 4.42. The van der Waals surface area contributed by atoms with Crippen molar-refractivity contribution in [3.05, 3.63) is 36.6 Å². The lowest BCUT2D eigenvalue weighted by Gasteiger charge is -2.04. The smallest absolute Gasteiger partial charge is 0.323 e. The van der Waals surface area contributed by atoms with E-state index in [1.165, 1.54) is 0 Å². The van der Waals surface area contributed by atoms with E-state index in [4.69, 9.17) is 0 Å². The number of hydrogen-bond acceptors (Lipinski definition) is 4. The number of nitrogens with one attached hydrogen (secondary N) is 1. The maximum absolute atomic E-state index is 12.0. The number of hydrogen-bond donors (Lipinski definition) is 2. The van der Waals surface area contributed by atoms with Crippen LogP contribution in [0.2, 0.25) is 0 Å². The fraction of sp³-hybridized carbons (Fsp3) is 0.286. The van der Waals surface area contributed by atoms with Gasteiger partial charge in [0, 0.05) is 16.1 Å². The highest BCUT2D eigenvalue weighted by atomic mass is 32.2. The van der Waals surface area contributed by atoms with Gasteiger partial charge in [0.2, 0.25) is 0 Å². The van der Waals surface area contributed by atoms with Crippen LogP contribution in [0.15, 0.2) is 36.0 Å². The van der Waals surface area contributed by atoms with Crippen LogP contribution in [-0.2, 0) is 11.2 Å². The number of rotatable bonds is 6. The maximum Gasteiger partial charge on any atom is 0.323 e. The van der Waals surface area contributed by atoms with Gasteiger partial charge >= 0.3 is 5.16 Å². The number of thiol groups is 1. The molecule has 2 heterocycles. The van der Waals surface area contributed by atoms with Crippen molar-refractivity contribution in [3.8, 4) is 0 Å². The molecule has 2 rings (SSSR count). The Labute approximate surface area is 127 Å². The van der Waals surface area contributed by atoms with Crippen LogP contribution >= 0.6 is 12.6 Å². The summed E-state index contributed by atoms with van der Waals surface area (Å²) in [6, 6.07) is 3.72. The average Bonchev–Trinajstić information content (AvgIpc) is 2.87. The molecule has 0 saturated carbocycles. The number of fused-ring (bicyclic) bond motifs is 1. The topological polar surface area (TPSA) is 64.6 Å². The van der Waals surface area contributed by atoms with Gasteiger partial charge in [-0.3, -0.25) is 4.98 Å². The molecular formula is C14H17N3OS2. The molecule has 0 aliphatic rings. The number of aromatic nitrogens is 3. The molecule has 0 aliphatic carbocycles. The molecule has 0 bridgehead atoms. The van der Waals surface area contributed by atoms with Crippen molar-refractivity contribution in [2.45, 2.75) is 24.9 Å². The molecule has 2 aromatic rings. The molecule has 1 unspecified atom stereocenters. The van der Waals surface area contributed by atoms with Crippen molar-refractivity contribution in [2.75, 3.05) is 5.75 Å². The second-order valence-electron chi connectivity index (χ2n) is 4.30. The van der Waals surface area contributed by atoms with Crippen molar-refractivity contribution < 1.29 is 4.55 Å². The predicted octanol–water partition coefficient (Wildman–Crippen LogP) is 3.32. The molecule has 0 aromatic carbocycles. The average molecular weight is 307 g/mol. The van der Waals surface area contributed by atoms with E-state index in [1.807, 2.05) is 12.1 Å². The van der Waals surface area contributed by atoms with Gasteiger partial charge in [0.05, 0.1) is 11.2 Å². The zero-order valence-corrected chi connectivity index (χ0v) is 13.0. The second kappa shape index (κ2) is 6.97. The van der Waals surface area contributed by atoms with E-state index >= 15 is 0 Å². The molecule has 0 fully saturated rings. The lowest BCUT2D eigenvalue weighted by atomic mass is 10.3. The van der Waals surface area contributed by atoms with Crippen molar-refractivity contribution in [2.24, 2.45) is 0 Å². The largest absolute Gasteiger partial charge is 0.609 e. The molecular weight excluding hydrogens is 290 g/mol. The Hall–Kier alpha value is -1.24. The molecule has 6 heteroatoms. The van der Waals surface area contributed by atoms with E-state index in [0.717, 1.165) is 29.0 Å². The van der Waals surface area contributed by atoms with Gasteiger partial charge in [-0.25, -0.2) is 4.98 Å². The van der Waals surface area contributed by atoms with E-state index in [-0.39, 0.29) is 0 Å². The number of H-pyrrole nitrogens is 1. The SMILES string of the molecule is C=C/C=C(\S)c1ccc2[nH]c([S+]([O-])CCCC)nc2n1. The van der Waals surface area contributed by atoms with E-state index in [9.17, 15) is 4.55 Å². The van der Waals surface area contributed by atoms with E-state index in [0.29, 0.717) is 16.6 Å². The second-order valence-corrected chi connectivity index (χ2v) is 6.27. The molecule has 4 nitrogen and oxygen atoms in total. The summed E-state index contributed by atoms with van der Waals surface area (Å²) in [5.74, 6) is 0.622. The molecule has 0 aliphatic heterocycles. The first-order valence-corrected chi connectivity index (χ1v) is 8.19. The zero-order valence-electron chi connectivity index (χ0n) is 11.3. The Bertz CT molecular complexity index is 636. The summed E-state index contributed by atoms with van der Waals surface area (Å²) in [5.41, 5.74) is 2.07. The summed E-state index contributed by atoms with van der Waals surface area (Å²) in [6.45, 7) is 5.70. The minimum Gasteiger partial charge on any atom is -0.609 e. The van der Waals surface area contributed by atoms with Crippen LogP contribution in [0, 0.1) is 0 Å². The third kappa shape index (κ3) is 3.45. The first-order valence-electron chi connectivity index (χ1n) is 6.43. The number of aromatic amines is 1. The van der Waals surface area contributed by atoms with Gasteiger partial charge in [-0.05, 0) is 24.6 Å². The van der Waals surface area contributed by atoms with Crippen molar-refractivity contribution >= 4 is 39.9 Å². The first kappa shape index (κ1) is 15.2. The Kier molecular flexibility index (Phi) is 5.28. The Morgan fingerprint density at radius 3 is 3.00 bits per heavy atom. The summed E-state index contributed by atoms with van der Waals surface area (Å²) < 4.78 is 12.0. The minimum atomic E-state index is -1.09. The molecule has 20 heavy (non-hydrogen) atoms. The summed E-state index contributed by atoms with van der Waals surface area (Å²) in [6.07, 6.45) is 5.36. The van der Waals surface area contributed by atoms with Crippen molar-refractivity contribution in [1.82, 2.24) is 15.0 Å². The van der Waals surface area contributed by atoms with Gasteiger partial charge in [0.25, 0.3) is 0 Å². The number of nitrogens with zero attached hydrogens (tertiary/aromatic N) is 2. The fourth-order valence-electron chi connectivity index (χ4n) is 1.69. The standard InChI is InChI=1S/C14H17N3OS2/c1-3-5-9-20(18)14-16-11-8-7-10(12(19)6-4-2)15-13(11)17-14/h4,6-8,19H,2-3,5,9H2,1H3,(H,15,16,17)/b12-6-. The van der Waals surface area contributed by atoms with Crippen molar-refractivity contribution in [1.29, 1.82) is 0 Å².